The lowest BCUT2D eigenvalue weighted by atomic mass is 9.75. The second kappa shape index (κ2) is 25.5. The smallest absolute Gasteiger partial charge is 0.267 e. The van der Waals surface area contributed by atoms with Crippen LogP contribution >= 0.6 is 34.7 Å². The van der Waals surface area contributed by atoms with Crippen LogP contribution in [-0.2, 0) is 43.2 Å². The maximum absolute atomic E-state index is 11.8. The average Bonchev–Trinajstić information content (AvgIpc) is 4.24. The molecule has 0 bridgehead atoms. The van der Waals surface area contributed by atoms with E-state index in [0.717, 1.165) is 68.2 Å². The largest absolute Gasteiger partial charge is 0.748 e. The van der Waals surface area contributed by atoms with Gasteiger partial charge in [0.1, 0.15) is 11.3 Å². The van der Waals surface area contributed by atoms with E-state index in [-0.39, 0.29) is 36.3 Å². The number of hydrogen-bond donors (Lipinski definition) is 2. The van der Waals surface area contributed by atoms with Gasteiger partial charge in [-0.15, -0.1) is 11.3 Å². The fourth-order valence-corrected chi connectivity index (χ4v) is 14.6. The van der Waals surface area contributed by atoms with Crippen LogP contribution in [0.5, 0.6) is 5.75 Å². The Morgan fingerprint density at radius 2 is 1.54 bits per heavy atom. The zero-order valence-electron chi connectivity index (χ0n) is 46.3. The standard InChI is InChI=1S/C33H34ClNO8S2.C30H33NO3S3/c1-3-23(18-32-27(10-7-17-44(36,37)38)28-21-26(34)12-14-30(28)42-32)19-33-35(16-15-22(2)45(39,40)41)29-20-25(11-13-31(29)43-33)24-8-5-4-6-9-24;1-4-23-24-10-5-7-12-26(24)35-28(23)17-21-16-22(20-30(2,3)19-21)18-29-31(14-9-15-37(32,33)34)25-11-6-8-13-27(25)36-29/h4-6,8-9,11-14,18-22H,3,7,10,15-17H2,1-2H3,(H,36,37,38)(H,39,40,41);5-8,10-13,16-18H,4,9,14-15,19-20H2,1-3H3,(H,32,33,34)/p-1/b23-18+,33-19-;21-17?,29-18-. The van der Waals surface area contributed by atoms with Crippen molar-refractivity contribution in [3.8, 4) is 16.9 Å². The van der Waals surface area contributed by atoms with Gasteiger partial charge in [0.05, 0.1) is 37.5 Å². The molecule has 2 aromatic heterocycles. The number of aryl methyl sites for hydroxylation is 2. The molecule has 0 fully saturated rings. The van der Waals surface area contributed by atoms with Crippen LogP contribution in [0.15, 0.2) is 170 Å². The molecule has 1 aliphatic carbocycles. The summed E-state index contributed by atoms with van der Waals surface area (Å²) in [5.41, 5.74) is 10.2. The van der Waals surface area contributed by atoms with E-state index in [2.05, 4.69) is 80.3 Å². The monoisotopic (exact) mass is 1220 g/mol. The molecule has 1 atom stereocenters. The van der Waals surface area contributed by atoms with Gasteiger partial charge in [0, 0.05) is 55.4 Å². The van der Waals surface area contributed by atoms with Gasteiger partial charge in [-0.05, 0) is 169 Å². The summed E-state index contributed by atoms with van der Waals surface area (Å²) in [4.78, 5) is 6.57. The van der Waals surface area contributed by atoms with Crippen molar-refractivity contribution in [2.75, 3.05) is 34.4 Å². The Morgan fingerprint density at radius 3 is 2.27 bits per heavy atom. The summed E-state index contributed by atoms with van der Waals surface area (Å²) in [6.07, 6.45) is 15.3. The minimum Gasteiger partial charge on any atom is -0.748 e. The Hall–Kier alpha value is -5.93. The number of halogens is 1. The second-order valence-electron chi connectivity index (χ2n) is 21.5. The summed E-state index contributed by atoms with van der Waals surface area (Å²) in [6, 6.07) is 37.8. The van der Waals surface area contributed by atoms with Crippen LogP contribution in [-0.4, -0.2) is 68.8 Å². The number of nitrogens with zero attached hydrogens (tertiary/aromatic N) is 2. The Balaban J connectivity index is 0.000000201. The first-order valence-electron chi connectivity index (χ1n) is 27.2. The molecular formula is C63H66ClN2O11S5-. The average molecular weight is 1220 g/mol. The zero-order chi connectivity index (χ0) is 58.6. The highest BCUT2D eigenvalue weighted by Crippen LogP contribution is 2.49. The molecule has 0 amide bonds. The van der Waals surface area contributed by atoms with Gasteiger partial charge >= 0.3 is 0 Å². The van der Waals surface area contributed by atoms with Crippen molar-refractivity contribution in [2.45, 2.75) is 96.1 Å². The van der Waals surface area contributed by atoms with Crippen LogP contribution in [0.1, 0.15) is 94.9 Å². The SMILES string of the molecule is CCC(/C=C1\Oc2ccc(-c3ccccc3)cc2N1CCC(C)S(=O)(=O)O)=C\c1oc2ccc(Cl)cc2c1CCCS(=O)(=O)O.CCc1c(C=C2C=C(/C=C3\Sc4ccccc4N3CCCS(=O)(=O)[O-])CC(C)(C)C2)sc2ccccc12. The summed E-state index contributed by atoms with van der Waals surface area (Å²) in [6.45, 7) is 11.1. The molecule has 19 heteroatoms. The second-order valence-corrected chi connectivity index (χ2v) is 29.0. The molecule has 10 rings (SSSR count). The quantitative estimate of drug-likeness (QED) is 0.0726. The highest BCUT2D eigenvalue weighted by Gasteiger charge is 2.31. The number of rotatable bonds is 19. The van der Waals surface area contributed by atoms with Gasteiger partial charge < -0.3 is 23.5 Å². The van der Waals surface area contributed by atoms with Crippen LogP contribution < -0.4 is 14.5 Å². The third-order valence-electron chi connectivity index (χ3n) is 14.6. The van der Waals surface area contributed by atoms with Crippen LogP contribution in [0.25, 0.3) is 44.3 Å². The number of thioether (sulfide) groups is 1. The lowest BCUT2D eigenvalue weighted by Gasteiger charge is -2.31. The Labute approximate surface area is 495 Å². The number of furan rings is 1. The number of thiophene rings is 1. The normalized spacial score (nSPS) is 17.3. The van der Waals surface area contributed by atoms with E-state index < -0.39 is 35.6 Å². The Morgan fingerprint density at radius 1 is 0.793 bits per heavy atom. The molecule has 82 heavy (non-hydrogen) atoms. The molecule has 4 heterocycles. The third-order valence-corrected chi connectivity index (χ3v) is 20.0. The van der Waals surface area contributed by atoms with E-state index in [0.29, 0.717) is 53.8 Å². The van der Waals surface area contributed by atoms with Gasteiger partial charge in [0.15, 0.2) is 5.75 Å². The van der Waals surface area contributed by atoms with Crippen LogP contribution in [0.3, 0.4) is 0 Å². The van der Waals surface area contributed by atoms with Crippen LogP contribution in [0.4, 0.5) is 11.4 Å². The van der Waals surface area contributed by atoms with Crippen molar-refractivity contribution in [2.24, 2.45) is 5.41 Å². The van der Waals surface area contributed by atoms with Crippen molar-refractivity contribution >= 4 is 110 Å². The van der Waals surface area contributed by atoms with Gasteiger partial charge in [0.2, 0.25) is 5.88 Å². The van der Waals surface area contributed by atoms with E-state index in [1.807, 2.05) is 96.0 Å². The van der Waals surface area contributed by atoms with E-state index in [1.54, 1.807) is 30.0 Å². The molecule has 7 aromatic rings. The maximum atomic E-state index is 11.8. The van der Waals surface area contributed by atoms with Crippen molar-refractivity contribution in [1.29, 1.82) is 0 Å². The van der Waals surface area contributed by atoms with E-state index in [1.165, 1.54) is 38.6 Å². The summed E-state index contributed by atoms with van der Waals surface area (Å²) in [7, 11) is -12.6. The fraction of sp³-hybridized carbons (Fsp3) is 0.302. The topological polar surface area (TPSA) is 195 Å². The van der Waals surface area contributed by atoms with Gasteiger partial charge in [0.25, 0.3) is 20.2 Å². The lowest BCUT2D eigenvalue weighted by Crippen LogP contribution is -2.27. The molecule has 1 unspecified atom stereocenters. The minimum absolute atomic E-state index is 0.133. The van der Waals surface area contributed by atoms with Crippen LogP contribution in [0, 0.1) is 5.41 Å². The molecule has 2 aliphatic heterocycles. The molecule has 2 N–H and O–H groups in total. The highest BCUT2D eigenvalue weighted by molar-refractivity contribution is 8.03. The number of hydrogen-bond acceptors (Lipinski definition) is 13. The lowest BCUT2D eigenvalue weighted by molar-refractivity contribution is 0.356. The first-order chi connectivity index (χ1) is 38.9. The molecular weight excluding hydrogens is 1160 g/mol. The third kappa shape index (κ3) is 15.2. The van der Waals surface area contributed by atoms with Crippen molar-refractivity contribution in [3.05, 3.63) is 188 Å². The van der Waals surface area contributed by atoms with Gasteiger partial charge in [-0.3, -0.25) is 9.11 Å². The molecule has 3 aliphatic rings. The van der Waals surface area contributed by atoms with Gasteiger partial charge in [-0.2, -0.15) is 16.8 Å². The minimum atomic E-state index is -4.23. The molecule has 0 spiro atoms. The van der Waals surface area contributed by atoms with Crippen molar-refractivity contribution in [3.63, 3.8) is 0 Å². The summed E-state index contributed by atoms with van der Waals surface area (Å²) >= 11 is 9.85. The number of para-hydroxylation sites is 1. The van der Waals surface area contributed by atoms with E-state index >= 15 is 0 Å². The molecule has 432 valence electrons. The molecule has 0 saturated heterocycles. The molecule has 13 nitrogen and oxygen atoms in total. The Kier molecular flexibility index (Phi) is 18.9. The van der Waals surface area contributed by atoms with Crippen molar-refractivity contribution < 1.29 is 48.1 Å². The molecule has 0 radical (unpaired) electrons. The van der Waals surface area contributed by atoms with E-state index in [9.17, 15) is 38.9 Å². The number of anilines is 2. The number of fused-ring (bicyclic) bond motifs is 4. The summed E-state index contributed by atoms with van der Waals surface area (Å²) in [5.74, 6) is 0.895. The predicted molar refractivity (Wildman–Crippen MR) is 335 cm³/mol. The Bertz CT molecular complexity index is 4030. The first kappa shape index (κ1) is 60.7. The van der Waals surface area contributed by atoms with Crippen molar-refractivity contribution in [1.82, 2.24) is 0 Å². The van der Waals surface area contributed by atoms with Gasteiger partial charge in [-0.1, -0.05) is 124 Å². The number of allylic oxidation sites excluding steroid dienone is 6. The maximum Gasteiger partial charge on any atom is 0.267 e. The predicted octanol–water partition coefficient (Wildman–Crippen LogP) is 15.8. The zero-order valence-corrected chi connectivity index (χ0v) is 51.1. The van der Waals surface area contributed by atoms with E-state index in [4.69, 9.17) is 20.8 Å². The molecule has 0 saturated carbocycles. The van der Waals surface area contributed by atoms with Crippen LogP contribution in [0.2, 0.25) is 5.02 Å². The first-order valence-corrected chi connectivity index (χ1v) is 33.9. The summed E-state index contributed by atoms with van der Waals surface area (Å²) in [5, 5.41) is 2.73. The highest BCUT2D eigenvalue weighted by atomic mass is 35.5. The molecule has 5 aromatic carbocycles. The number of benzene rings is 5. The fourth-order valence-electron chi connectivity index (χ4n) is 10.6. The van der Waals surface area contributed by atoms with Gasteiger partial charge in [-0.25, -0.2) is 8.42 Å². The number of ether oxygens (including phenoxy) is 1. The summed E-state index contributed by atoms with van der Waals surface area (Å²) < 4.78 is 113.